The largest absolute Gasteiger partial charge is 0.388 e. The van der Waals surface area contributed by atoms with Crippen LogP contribution in [0.3, 0.4) is 0 Å². The van der Waals surface area contributed by atoms with Crippen molar-refractivity contribution in [1.29, 1.82) is 0 Å². The van der Waals surface area contributed by atoms with Gasteiger partial charge in [0, 0.05) is 30.2 Å². The molecule has 0 spiro atoms. The summed E-state index contributed by atoms with van der Waals surface area (Å²) in [6.45, 7) is 0. The van der Waals surface area contributed by atoms with E-state index in [2.05, 4.69) is 74.2 Å². The van der Waals surface area contributed by atoms with E-state index < -0.39 is 0 Å². The number of rotatable bonds is 4. The summed E-state index contributed by atoms with van der Waals surface area (Å²) in [5.41, 5.74) is 7.91. The van der Waals surface area contributed by atoms with Crippen molar-refractivity contribution in [1.82, 2.24) is 19.4 Å². The Hall–Kier alpha value is -3.19. The van der Waals surface area contributed by atoms with Crippen LogP contribution in [0.15, 0.2) is 78.1 Å². The van der Waals surface area contributed by atoms with E-state index in [1.807, 2.05) is 36.0 Å². The minimum atomic E-state index is 0.0613. The van der Waals surface area contributed by atoms with Crippen LogP contribution in [0.5, 0.6) is 0 Å². The number of thioether (sulfide) groups is 1. The van der Waals surface area contributed by atoms with E-state index in [-0.39, 0.29) is 5.37 Å². The molecule has 0 aliphatic carbocycles. The number of para-hydroxylation sites is 2. The van der Waals surface area contributed by atoms with Gasteiger partial charge < -0.3 is 15.3 Å². The number of hydrogen-bond acceptors (Lipinski definition) is 5. The van der Waals surface area contributed by atoms with Crippen molar-refractivity contribution >= 4 is 17.4 Å². The Morgan fingerprint density at radius 2 is 1.78 bits per heavy atom. The van der Waals surface area contributed by atoms with E-state index in [0.717, 1.165) is 27.9 Å². The summed E-state index contributed by atoms with van der Waals surface area (Å²) < 4.78 is 4.18. The zero-order valence-corrected chi connectivity index (χ0v) is 15.5. The minimum Gasteiger partial charge on any atom is -0.388 e. The van der Waals surface area contributed by atoms with Gasteiger partial charge in [0.2, 0.25) is 5.16 Å². The first-order chi connectivity index (χ1) is 13.3. The predicted octanol–water partition coefficient (Wildman–Crippen LogP) is 4.13. The lowest BCUT2D eigenvalue weighted by Crippen LogP contribution is -2.16. The SMILES string of the molecule is CNc1ccccc1-c1nnc2n1NC(c1cccn1-c1ccccc1)S2. The molecular weight excluding hydrogens is 356 g/mol. The highest BCUT2D eigenvalue weighted by atomic mass is 32.2. The Morgan fingerprint density at radius 1 is 0.963 bits per heavy atom. The molecule has 0 bridgehead atoms. The van der Waals surface area contributed by atoms with Gasteiger partial charge in [0.1, 0.15) is 5.37 Å². The maximum atomic E-state index is 4.40. The first-order valence-electron chi connectivity index (χ1n) is 8.73. The van der Waals surface area contributed by atoms with Crippen molar-refractivity contribution < 1.29 is 0 Å². The predicted molar refractivity (Wildman–Crippen MR) is 109 cm³/mol. The van der Waals surface area contributed by atoms with Crippen molar-refractivity contribution in [3.63, 3.8) is 0 Å². The number of nitrogens with one attached hydrogen (secondary N) is 2. The summed E-state index contributed by atoms with van der Waals surface area (Å²) in [7, 11) is 1.91. The third-order valence-corrected chi connectivity index (χ3v) is 5.68. The van der Waals surface area contributed by atoms with Crippen LogP contribution < -0.4 is 10.7 Å². The molecule has 0 fully saturated rings. The average Bonchev–Trinajstić information content (AvgIpc) is 3.43. The van der Waals surface area contributed by atoms with Gasteiger partial charge in [0.15, 0.2) is 5.82 Å². The second kappa shape index (κ2) is 6.51. The quantitative estimate of drug-likeness (QED) is 0.563. The molecule has 134 valence electrons. The van der Waals surface area contributed by atoms with Crippen molar-refractivity contribution in [2.75, 3.05) is 17.8 Å². The lowest BCUT2D eigenvalue weighted by atomic mass is 10.1. The summed E-state index contributed by atoms with van der Waals surface area (Å²) in [5, 5.41) is 12.9. The van der Waals surface area contributed by atoms with Crippen LogP contribution in [0.1, 0.15) is 11.1 Å². The first-order valence-corrected chi connectivity index (χ1v) is 9.61. The molecule has 0 amide bonds. The third-order valence-electron chi connectivity index (χ3n) is 4.62. The summed E-state index contributed by atoms with van der Waals surface area (Å²) in [5.74, 6) is 0.808. The van der Waals surface area contributed by atoms with Crippen molar-refractivity contribution in [2.45, 2.75) is 10.5 Å². The molecule has 4 aromatic rings. The Balaban J connectivity index is 1.50. The van der Waals surface area contributed by atoms with Crippen LogP contribution >= 0.6 is 11.8 Å². The number of fused-ring (bicyclic) bond motifs is 1. The highest BCUT2D eigenvalue weighted by Gasteiger charge is 2.30. The second-order valence-corrected chi connectivity index (χ2v) is 7.28. The molecule has 2 aromatic carbocycles. The maximum Gasteiger partial charge on any atom is 0.212 e. The molecule has 0 saturated carbocycles. The molecule has 6 nitrogen and oxygen atoms in total. The van der Waals surface area contributed by atoms with Crippen molar-refractivity contribution in [3.05, 3.63) is 78.6 Å². The fourth-order valence-electron chi connectivity index (χ4n) is 3.34. The Morgan fingerprint density at radius 3 is 2.63 bits per heavy atom. The normalized spacial score (nSPS) is 15.4. The molecule has 0 saturated heterocycles. The second-order valence-electron chi connectivity index (χ2n) is 6.20. The fraction of sp³-hybridized carbons (Fsp3) is 0.100. The van der Waals surface area contributed by atoms with Crippen LogP contribution in [-0.4, -0.2) is 26.5 Å². The lowest BCUT2D eigenvalue weighted by Gasteiger charge is -2.16. The molecule has 5 rings (SSSR count). The summed E-state index contributed by atoms with van der Waals surface area (Å²) in [4.78, 5) is 0. The van der Waals surface area contributed by atoms with Gasteiger partial charge in [-0.25, -0.2) is 4.68 Å². The van der Waals surface area contributed by atoms with Gasteiger partial charge in [-0.1, -0.05) is 42.1 Å². The fourth-order valence-corrected chi connectivity index (χ4v) is 4.35. The van der Waals surface area contributed by atoms with E-state index >= 15 is 0 Å². The van der Waals surface area contributed by atoms with Crippen LogP contribution in [-0.2, 0) is 0 Å². The third kappa shape index (κ3) is 2.67. The van der Waals surface area contributed by atoms with Crippen LogP contribution in [0.4, 0.5) is 5.69 Å². The monoisotopic (exact) mass is 374 g/mol. The summed E-state index contributed by atoms with van der Waals surface area (Å²) in [6, 6.07) is 22.7. The zero-order valence-electron chi connectivity index (χ0n) is 14.7. The van der Waals surface area contributed by atoms with Gasteiger partial charge in [-0.05, 0) is 36.4 Å². The lowest BCUT2D eigenvalue weighted by molar-refractivity contribution is 0.774. The van der Waals surface area contributed by atoms with Crippen LogP contribution in [0, 0.1) is 0 Å². The molecule has 0 radical (unpaired) electrons. The number of benzene rings is 2. The van der Waals surface area contributed by atoms with E-state index in [9.17, 15) is 0 Å². The van der Waals surface area contributed by atoms with Crippen LogP contribution in [0.25, 0.3) is 17.1 Å². The summed E-state index contributed by atoms with van der Waals surface area (Å²) >= 11 is 1.67. The van der Waals surface area contributed by atoms with E-state index in [4.69, 9.17) is 0 Å². The van der Waals surface area contributed by atoms with Crippen LogP contribution in [0.2, 0.25) is 0 Å². The van der Waals surface area contributed by atoms with E-state index in [0.29, 0.717) is 0 Å². The van der Waals surface area contributed by atoms with Gasteiger partial charge in [-0.3, -0.25) is 0 Å². The Bertz CT molecular complexity index is 1080. The van der Waals surface area contributed by atoms with Gasteiger partial charge in [-0.15, -0.1) is 10.2 Å². The molecule has 1 atom stereocenters. The topological polar surface area (TPSA) is 59.7 Å². The Labute approximate surface area is 161 Å². The summed E-state index contributed by atoms with van der Waals surface area (Å²) in [6.07, 6.45) is 2.09. The zero-order chi connectivity index (χ0) is 18.2. The molecule has 1 aliphatic heterocycles. The molecule has 7 heteroatoms. The molecule has 1 unspecified atom stereocenters. The van der Waals surface area contributed by atoms with E-state index in [1.165, 1.54) is 5.69 Å². The van der Waals surface area contributed by atoms with Gasteiger partial charge in [-0.2, -0.15) is 0 Å². The number of nitrogens with zero attached hydrogens (tertiary/aromatic N) is 4. The Kier molecular flexibility index (Phi) is 3.86. The number of aromatic nitrogens is 4. The molecule has 27 heavy (non-hydrogen) atoms. The molecule has 2 aromatic heterocycles. The minimum absolute atomic E-state index is 0.0613. The highest BCUT2D eigenvalue weighted by molar-refractivity contribution is 7.99. The molecule has 1 aliphatic rings. The first kappa shape index (κ1) is 16.0. The highest BCUT2D eigenvalue weighted by Crippen LogP contribution is 2.41. The van der Waals surface area contributed by atoms with Crippen molar-refractivity contribution in [3.8, 4) is 17.1 Å². The van der Waals surface area contributed by atoms with Crippen molar-refractivity contribution in [2.24, 2.45) is 0 Å². The molecule has 2 N–H and O–H groups in total. The van der Waals surface area contributed by atoms with E-state index in [1.54, 1.807) is 11.8 Å². The standard InChI is InChI=1S/C20H18N6S/c1-21-16-11-6-5-10-15(16)18-22-23-20-26(18)24-19(27-20)17-12-7-13-25(17)14-8-3-2-4-9-14/h2-13,19,21,24H,1H3. The maximum absolute atomic E-state index is 4.40. The van der Waals surface area contributed by atoms with Gasteiger partial charge in [0.05, 0.1) is 5.69 Å². The average molecular weight is 374 g/mol. The number of hydrogen-bond donors (Lipinski definition) is 2. The molecule has 3 heterocycles. The van der Waals surface area contributed by atoms with Gasteiger partial charge in [0.25, 0.3) is 0 Å². The smallest absolute Gasteiger partial charge is 0.212 e. The van der Waals surface area contributed by atoms with Gasteiger partial charge >= 0.3 is 0 Å². The number of anilines is 1. The molecular formula is C20H18N6S.